The summed E-state index contributed by atoms with van der Waals surface area (Å²) >= 11 is 0. The molecule has 0 saturated carbocycles. The predicted molar refractivity (Wildman–Crippen MR) is 69.3 cm³/mol. The first-order valence-electron chi connectivity index (χ1n) is 6.37. The lowest BCUT2D eigenvalue weighted by molar-refractivity contribution is -0.129. The normalized spacial score (nSPS) is 21.3. The number of nitrogens with one attached hydrogen (secondary N) is 1. The Balaban J connectivity index is 1.94. The largest absolute Gasteiger partial charge is 0.389 e. The molecule has 18 heavy (non-hydrogen) atoms. The van der Waals surface area contributed by atoms with E-state index in [-0.39, 0.29) is 12.0 Å². The third kappa shape index (κ3) is 3.31. The van der Waals surface area contributed by atoms with E-state index in [1.54, 1.807) is 19.1 Å². The summed E-state index contributed by atoms with van der Waals surface area (Å²) in [6.07, 6.45) is 2.05. The van der Waals surface area contributed by atoms with Crippen molar-refractivity contribution in [3.05, 3.63) is 29.8 Å². The Hall–Kier alpha value is -1.39. The number of carbonyl (C=O) groups is 1. The van der Waals surface area contributed by atoms with Crippen LogP contribution in [0, 0.1) is 0 Å². The van der Waals surface area contributed by atoms with Crippen LogP contribution in [-0.4, -0.2) is 23.7 Å². The number of ether oxygens (including phenoxy) is 1. The van der Waals surface area contributed by atoms with Gasteiger partial charge in [0.15, 0.2) is 0 Å². The van der Waals surface area contributed by atoms with Crippen LogP contribution in [0.15, 0.2) is 24.3 Å². The quantitative estimate of drug-likeness (QED) is 0.863. The molecule has 0 aromatic heterocycles. The molecular formula is C14H19NO3. The van der Waals surface area contributed by atoms with Crippen LogP contribution in [-0.2, 0) is 9.53 Å². The highest BCUT2D eigenvalue weighted by Crippen LogP contribution is 2.18. The third-order valence-electron chi connectivity index (χ3n) is 3.13. The summed E-state index contributed by atoms with van der Waals surface area (Å²) < 4.78 is 5.42. The Morgan fingerprint density at radius 2 is 2.11 bits per heavy atom. The Morgan fingerprint density at radius 3 is 2.67 bits per heavy atom. The van der Waals surface area contributed by atoms with E-state index in [9.17, 15) is 9.90 Å². The topological polar surface area (TPSA) is 58.6 Å². The van der Waals surface area contributed by atoms with Crippen LogP contribution in [0.25, 0.3) is 0 Å². The average Bonchev–Trinajstić information content (AvgIpc) is 2.40. The summed E-state index contributed by atoms with van der Waals surface area (Å²) in [6, 6.07) is 7.20. The molecule has 1 aromatic rings. The summed E-state index contributed by atoms with van der Waals surface area (Å²) in [5.74, 6) is -0.0838. The lowest BCUT2D eigenvalue weighted by Crippen LogP contribution is -2.33. The van der Waals surface area contributed by atoms with Crippen LogP contribution in [0.4, 0.5) is 5.69 Å². The predicted octanol–water partition coefficient (Wildman–Crippen LogP) is 2.25. The molecule has 0 bridgehead atoms. The maximum atomic E-state index is 11.9. The molecule has 0 spiro atoms. The number of hydrogen-bond acceptors (Lipinski definition) is 3. The van der Waals surface area contributed by atoms with E-state index in [1.807, 2.05) is 12.1 Å². The highest BCUT2D eigenvalue weighted by Gasteiger charge is 2.21. The lowest BCUT2D eigenvalue weighted by Gasteiger charge is -2.21. The molecular weight excluding hydrogens is 230 g/mol. The van der Waals surface area contributed by atoms with Gasteiger partial charge in [-0.1, -0.05) is 12.1 Å². The third-order valence-corrected chi connectivity index (χ3v) is 3.13. The van der Waals surface area contributed by atoms with Crippen molar-refractivity contribution >= 4 is 11.6 Å². The lowest BCUT2D eigenvalue weighted by atomic mass is 10.1. The van der Waals surface area contributed by atoms with Gasteiger partial charge < -0.3 is 15.2 Å². The minimum Gasteiger partial charge on any atom is -0.389 e. The second kappa shape index (κ2) is 5.98. The van der Waals surface area contributed by atoms with E-state index >= 15 is 0 Å². The SMILES string of the molecule is CC(O)c1ccc(NC(=O)C2CCCCO2)cc1. The molecule has 1 amide bonds. The van der Waals surface area contributed by atoms with Crippen molar-refractivity contribution in [2.45, 2.75) is 38.4 Å². The number of amides is 1. The van der Waals surface area contributed by atoms with Crippen LogP contribution in [0.2, 0.25) is 0 Å². The molecule has 1 aliphatic heterocycles. The van der Waals surface area contributed by atoms with E-state index in [4.69, 9.17) is 4.74 Å². The van der Waals surface area contributed by atoms with E-state index in [1.165, 1.54) is 0 Å². The first-order valence-corrected chi connectivity index (χ1v) is 6.37. The second-order valence-electron chi connectivity index (χ2n) is 4.64. The minimum atomic E-state index is -0.489. The van der Waals surface area contributed by atoms with Crippen LogP contribution in [0.1, 0.15) is 37.9 Å². The summed E-state index contributed by atoms with van der Waals surface area (Å²) in [7, 11) is 0. The molecule has 2 unspecified atom stereocenters. The summed E-state index contributed by atoms with van der Waals surface area (Å²) in [6.45, 7) is 2.38. The number of benzene rings is 1. The molecule has 1 aliphatic rings. The van der Waals surface area contributed by atoms with Gasteiger partial charge in [0, 0.05) is 12.3 Å². The van der Waals surface area contributed by atoms with E-state index < -0.39 is 6.10 Å². The fourth-order valence-electron chi connectivity index (χ4n) is 2.02. The van der Waals surface area contributed by atoms with Crippen LogP contribution in [0.5, 0.6) is 0 Å². The number of aliphatic hydroxyl groups excluding tert-OH is 1. The van der Waals surface area contributed by atoms with Crippen molar-refractivity contribution in [3.63, 3.8) is 0 Å². The monoisotopic (exact) mass is 249 g/mol. The highest BCUT2D eigenvalue weighted by molar-refractivity contribution is 5.94. The molecule has 4 heteroatoms. The number of rotatable bonds is 3. The van der Waals surface area contributed by atoms with Gasteiger partial charge in [-0.3, -0.25) is 4.79 Å². The summed E-state index contributed by atoms with van der Waals surface area (Å²) in [5.41, 5.74) is 1.57. The molecule has 1 aromatic carbocycles. The zero-order chi connectivity index (χ0) is 13.0. The van der Waals surface area contributed by atoms with Crippen molar-refractivity contribution in [1.82, 2.24) is 0 Å². The van der Waals surface area contributed by atoms with Gasteiger partial charge in [-0.05, 0) is 43.9 Å². The smallest absolute Gasteiger partial charge is 0.253 e. The van der Waals surface area contributed by atoms with Gasteiger partial charge in [-0.25, -0.2) is 0 Å². The Labute approximate surface area is 107 Å². The second-order valence-corrected chi connectivity index (χ2v) is 4.64. The first-order chi connectivity index (χ1) is 8.66. The molecule has 2 rings (SSSR count). The van der Waals surface area contributed by atoms with Crippen molar-refractivity contribution in [2.75, 3.05) is 11.9 Å². The summed E-state index contributed by atoms with van der Waals surface area (Å²) in [4.78, 5) is 11.9. The molecule has 0 radical (unpaired) electrons. The van der Waals surface area contributed by atoms with Gasteiger partial charge in [-0.15, -0.1) is 0 Å². The Bertz CT molecular complexity index is 394. The van der Waals surface area contributed by atoms with Gasteiger partial charge in [0.05, 0.1) is 6.10 Å². The Kier molecular flexibility index (Phi) is 4.33. The average molecular weight is 249 g/mol. The van der Waals surface area contributed by atoms with Crippen LogP contribution >= 0.6 is 0 Å². The molecule has 2 atom stereocenters. The van der Waals surface area contributed by atoms with Crippen molar-refractivity contribution < 1.29 is 14.6 Å². The number of carbonyl (C=O) groups excluding carboxylic acids is 1. The van der Waals surface area contributed by atoms with E-state index in [2.05, 4.69) is 5.32 Å². The van der Waals surface area contributed by atoms with E-state index in [0.717, 1.165) is 30.5 Å². The van der Waals surface area contributed by atoms with Crippen molar-refractivity contribution in [2.24, 2.45) is 0 Å². The van der Waals surface area contributed by atoms with Gasteiger partial charge in [0.2, 0.25) is 0 Å². The first kappa shape index (κ1) is 13.1. The van der Waals surface area contributed by atoms with Gasteiger partial charge in [-0.2, -0.15) is 0 Å². The number of aliphatic hydroxyl groups is 1. The number of anilines is 1. The fourth-order valence-corrected chi connectivity index (χ4v) is 2.02. The van der Waals surface area contributed by atoms with Gasteiger partial charge >= 0.3 is 0 Å². The van der Waals surface area contributed by atoms with Crippen LogP contribution in [0.3, 0.4) is 0 Å². The zero-order valence-corrected chi connectivity index (χ0v) is 10.6. The molecule has 1 saturated heterocycles. The van der Waals surface area contributed by atoms with Crippen molar-refractivity contribution in [1.29, 1.82) is 0 Å². The fraction of sp³-hybridized carbons (Fsp3) is 0.500. The van der Waals surface area contributed by atoms with E-state index in [0.29, 0.717) is 6.61 Å². The zero-order valence-electron chi connectivity index (χ0n) is 10.6. The number of hydrogen-bond donors (Lipinski definition) is 2. The molecule has 1 fully saturated rings. The molecule has 2 N–H and O–H groups in total. The standard InChI is InChI=1S/C14H19NO3/c1-10(16)11-5-7-12(8-6-11)15-14(17)13-4-2-3-9-18-13/h5-8,10,13,16H,2-4,9H2,1H3,(H,15,17). The van der Waals surface area contributed by atoms with Gasteiger partial charge in [0.25, 0.3) is 5.91 Å². The summed E-state index contributed by atoms with van der Waals surface area (Å²) in [5, 5.41) is 12.2. The molecule has 0 aliphatic carbocycles. The minimum absolute atomic E-state index is 0.0838. The maximum Gasteiger partial charge on any atom is 0.253 e. The highest BCUT2D eigenvalue weighted by atomic mass is 16.5. The molecule has 1 heterocycles. The van der Waals surface area contributed by atoms with Crippen LogP contribution < -0.4 is 5.32 Å². The molecule has 98 valence electrons. The molecule has 4 nitrogen and oxygen atoms in total. The Morgan fingerprint density at radius 1 is 1.39 bits per heavy atom. The van der Waals surface area contributed by atoms with Crippen molar-refractivity contribution in [3.8, 4) is 0 Å². The van der Waals surface area contributed by atoms with Gasteiger partial charge in [0.1, 0.15) is 6.10 Å². The maximum absolute atomic E-state index is 11.9.